The molecule has 0 saturated carbocycles. The molecule has 1 aromatic carbocycles. The van der Waals surface area contributed by atoms with Crippen molar-refractivity contribution >= 4 is 46.2 Å². The number of amides is 1. The normalized spacial score (nSPS) is 11.6. The minimum absolute atomic E-state index is 0.345. The first kappa shape index (κ1) is 17.7. The first-order valence-electron chi connectivity index (χ1n) is 7.29. The van der Waals surface area contributed by atoms with E-state index < -0.39 is 5.91 Å². The van der Waals surface area contributed by atoms with Gasteiger partial charge < -0.3 is 4.52 Å². The second-order valence-electron chi connectivity index (χ2n) is 5.20. The van der Waals surface area contributed by atoms with E-state index in [-0.39, 0.29) is 0 Å². The van der Waals surface area contributed by atoms with Crippen molar-refractivity contribution in [3.63, 3.8) is 0 Å². The number of aromatic nitrogens is 1. The summed E-state index contributed by atoms with van der Waals surface area (Å²) in [6.07, 6.45) is 0. The highest BCUT2D eigenvalue weighted by Gasteiger charge is 2.21. The Balaban J connectivity index is 1.86. The number of hydrazone groups is 1. The van der Waals surface area contributed by atoms with E-state index in [2.05, 4.69) is 15.7 Å². The molecule has 0 saturated heterocycles. The van der Waals surface area contributed by atoms with Gasteiger partial charge in [-0.15, -0.1) is 11.3 Å². The number of nitrogens with zero attached hydrogens (tertiary/aromatic N) is 2. The smallest absolute Gasteiger partial charge is 0.277 e. The van der Waals surface area contributed by atoms with Crippen LogP contribution in [0.4, 0.5) is 0 Å². The maximum Gasteiger partial charge on any atom is 0.277 e. The summed E-state index contributed by atoms with van der Waals surface area (Å²) in [5, 5.41) is 8.10. The zero-order valence-corrected chi connectivity index (χ0v) is 15.7. The SMILES string of the molecule is CC(=NNC(=O)c1c(-c2ccccc2)noc1C)c1cc(Cl)sc1Cl. The molecule has 0 atom stereocenters. The number of nitrogens with one attached hydrogen (secondary N) is 1. The molecule has 1 N–H and O–H groups in total. The van der Waals surface area contributed by atoms with Gasteiger partial charge in [0.1, 0.15) is 21.4 Å². The Morgan fingerprint density at radius 3 is 2.64 bits per heavy atom. The molecule has 0 aliphatic heterocycles. The summed E-state index contributed by atoms with van der Waals surface area (Å²) in [7, 11) is 0. The van der Waals surface area contributed by atoms with Crippen molar-refractivity contribution in [1.82, 2.24) is 10.6 Å². The van der Waals surface area contributed by atoms with E-state index in [9.17, 15) is 4.79 Å². The van der Waals surface area contributed by atoms with Crippen molar-refractivity contribution in [2.45, 2.75) is 13.8 Å². The Labute approximate surface area is 158 Å². The van der Waals surface area contributed by atoms with E-state index in [1.807, 2.05) is 30.3 Å². The van der Waals surface area contributed by atoms with Gasteiger partial charge in [-0.25, -0.2) is 5.43 Å². The summed E-state index contributed by atoms with van der Waals surface area (Å²) < 4.78 is 6.27. The lowest BCUT2D eigenvalue weighted by Gasteiger charge is -2.03. The Morgan fingerprint density at radius 2 is 2.00 bits per heavy atom. The third kappa shape index (κ3) is 3.76. The number of rotatable bonds is 4. The Morgan fingerprint density at radius 1 is 1.28 bits per heavy atom. The zero-order valence-electron chi connectivity index (χ0n) is 13.3. The van der Waals surface area contributed by atoms with Crippen LogP contribution in [-0.4, -0.2) is 16.8 Å². The van der Waals surface area contributed by atoms with Gasteiger partial charge in [0.05, 0.1) is 10.0 Å². The van der Waals surface area contributed by atoms with Crippen molar-refractivity contribution in [2.24, 2.45) is 5.10 Å². The number of carbonyl (C=O) groups is 1. The van der Waals surface area contributed by atoms with Crippen molar-refractivity contribution in [3.05, 3.63) is 62.0 Å². The summed E-state index contributed by atoms with van der Waals surface area (Å²) >= 11 is 13.3. The first-order valence-corrected chi connectivity index (χ1v) is 8.86. The number of thiophene rings is 1. The topological polar surface area (TPSA) is 67.5 Å². The molecule has 0 spiro atoms. The Bertz CT molecular complexity index is 948. The summed E-state index contributed by atoms with van der Waals surface area (Å²) in [5.41, 5.74) is 5.36. The zero-order chi connectivity index (χ0) is 18.0. The highest BCUT2D eigenvalue weighted by atomic mass is 35.5. The van der Waals surface area contributed by atoms with Crippen LogP contribution in [0.15, 0.2) is 46.0 Å². The second-order valence-corrected chi connectivity index (χ2v) is 7.49. The van der Waals surface area contributed by atoms with Crippen LogP contribution < -0.4 is 5.43 Å². The molecule has 8 heteroatoms. The predicted molar refractivity (Wildman–Crippen MR) is 101 cm³/mol. The van der Waals surface area contributed by atoms with Gasteiger partial charge in [-0.3, -0.25) is 4.79 Å². The lowest BCUT2D eigenvalue weighted by molar-refractivity contribution is 0.0954. The number of halogens is 2. The third-order valence-electron chi connectivity index (χ3n) is 3.51. The van der Waals surface area contributed by atoms with Gasteiger partial charge in [0.15, 0.2) is 0 Å². The molecular weight excluding hydrogens is 381 g/mol. The number of hydrogen-bond donors (Lipinski definition) is 1. The van der Waals surface area contributed by atoms with Crippen LogP contribution in [0.25, 0.3) is 11.3 Å². The molecule has 2 heterocycles. The van der Waals surface area contributed by atoms with Gasteiger partial charge in [-0.2, -0.15) is 5.10 Å². The van der Waals surface area contributed by atoms with E-state index in [4.69, 9.17) is 27.7 Å². The van der Waals surface area contributed by atoms with Crippen LogP contribution in [0.2, 0.25) is 8.67 Å². The molecule has 0 radical (unpaired) electrons. The fraction of sp³-hybridized carbons (Fsp3) is 0.118. The lowest BCUT2D eigenvalue weighted by atomic mass is 10.1. The molecule has 0 fully saturated rings. The molecule has 3 aromatic rings. The molecule has 0 bridgehead atoms. The van der Waals surface area contributed by atoms with E-state index in [0.717, 1.165) is 5.56 Å². The fourth-order valence-electron chi connectivity index (χ4n) is 2.27. The van der Waals surface area contributed by atoms with Crippen LogP contribution in [0, 0.1) is 6.92 Å². The standard InChI is InChI=1S/C17H13Cl2N3O2S/c1-9(12-8-13(18)25-16(12)19)20-21-17(23)14-10(2)24-22-15(14)11-6-4-3-5-7-11/h3-8H,1-2H3,(H,21,23). The molecule has 0 aliphatic rings. The molecule has 3 rings (SSSR count). The van der Waals surface area contributed by atoms with Crippen molar-refractivity contribution < 1.29 is 9.32 Å². The van der Waals surface area contributed by atoms with Gasteiger partial charge in [-0.1, -0.05) is 58.7 Å². The average molecular weight is 394 g/mol. The minimum atomic E-state index is -0.408. The van der Waals surface area contributed by atoms with Gasteiger partial charge >= 0.3 is 0 Å². The molecular formula is C17H13Cl2N3O2S. The van der Waals surface area contributed by atoms with Gasteiger partial charge in [-0.05, 0) is 19.9 Å². The molecule has 0 aliphatic carbocycles. The van der Waals surface area contributed by atoms with Gasteiger partial charge in [0, 0.05) is 11.1 Å². The number of carbonyl (C=O) groups excluding carboxylic acids is 1. The van der Waals surface area contributed by atoms with Crippen molar-refractivity contribution in [1.29, 1.82) is 0 Å². The van der Waals surface area contributed by atoms with Crippen molar-refractivity contribution in [2.75, 3.05) is 0 Å². The van der Waals surface area contributed by atoms with E-state index in [1.165, 1.54) is 11.3 Å². The van der Waals surface area contributed by atoms with Gasteiger partial charge in [0.25, 0.3) is 5.91 Å². The van der Waals surface area contributed by atoms with Crippen LogP contribution in [0.3, 0.4) is 0 Å². The lowest BCUT2D eigenvalue weighted by Crippen LogP contribution is -2.20. The first-order chi connectivity index (χ1) is 12.0. The molecule has 25 heavy (non-hydrogen) atoms. The average Bonchev–Trinajstić information content (AvgIpc) is 3.15. The quantitative estimate of drug-likeness (QED) is 0.490. The van der Waals surface area contributed by atoms with Crippen LogP contribution in [-0.2, 0) is 0 Å². The number of benzene rings is 1. The van der Waals surface area contributed by atoms with E-state index in [0.29, 0.717) is 37.0 Å². The molecule has 5 nitrogen and oxygen atoms in total. The maximum absolute atomic E-state index is 12.6. The van der Waals surface area contributed by atoms with E-state index >= 15 is 0 Å². The molecule has 0 unspecified atom stereocenters. The fourth-order valence-corrected chi connectivity index (χ4v) is 3.83. The third-order valence-corrected chi connectivity index (χ3v) is 5.00. The number of hydrogen-bond acceptors (Lipinski definition) is 5. The van der Waals surface area contributed by atoms with Crippen LogP contribution in [0.5, 0.6) is 0 Å². The molecule has 2 aromatic heterocycles. The Hall–Kier alpha value is -2.15. The molecule has 128 valence electrons. The second kappa shape index (κ2) is 7.39. The summed E-state index contributed by atoms with van der Waals surface area (Å²) in [6, 6.07) is 11.0. The summed E-state index contributed by atoms with van der Waals surface area (Å²) in [5.74, 6) is 0.00946. The van der Waals surface area contributed by atoms with Crippen LogP contribution >= 0.6 is 34.5 Å². The highest BCUT2D eigenvalue weighted by molar-refractivity contribution is 7.20. The largest absolute Gasteiger partial charge is 0.360 e. The minimum Gasteiger partial charge on any atom is -0.360 e. The van der Waals surface area contributed by atoms with Crippen LogP contribution in [0.1, 0.15) is 28.6 Å². The number of aryl methyl sites for hydroxylation is 1. The maximum atomic E-state index is 12.6. The molecule has 1 amide bonds. The Kier molecular flexibility index (Phi) is 5.22. The monoisotopic (exact) mass is 393 g/mol. The van der Waals surface area contributed by atoms with Crippen molar-refractivity contribution in [3.8, 4) is 11.3 Å². The van der Waals surface area contributed by atoms with Gasteiger partial charge in [0.2, 0.25) is 0 Å². The predicted octanol–water partition coefficient (Wildman–Crippen LogP) is 5.17. The summed E-state index contributed by atoms with van der Waals surface area (Å²) in [4.78, 5) is 12.6. The van der Waals surface area contributed by atoms with E-state index in [1.54, 1.807) is 19.9 Å². The highest BCUT2D eigenvalue weighted by Crippen LogP contribution is 2.31. The summed E-state index contributed by atoms with van der Waals surface area (Å²) in [6.45, 7) is 3.42.